The van der Waals surface area contributed by atoms with Crippen molar-refractivity contribution < 1.29 is 13.2 Å². The fraction of sp³-hybridized carbons (Fsp3) is 0.455. The van der Waals surface area contributed by atoms with Gasteiger partial charge in [0.1, 0.15) is 11.0 Å². The molecule has 0 amide bonds. The van der Waals surface area contributed by atoms with Crippen LogP contribution >= 0.6 is 11.6 Å². The summed E-state index contributed by atoms with van der Waals surface area (Å²) in [7, 11) is -1.82. The van der Waals surface area contributed by atoms with E-state index in [1.165, 1.54) is 0 Å². The van der Waals surface area contributed by atoms with Crippen molar-refractivity contribution in [1.29, 1.82) is 0 Å². The van der Waals surface area contributed by atoms with E-state index in [1.54, 1.807) is 19.2 Å². The molecule has 0 fully saturated rings. The average Bonchev–Trinajstić information content (AvgIpc) is 2.36. The molecule has 1 aromatic carbocycles. The van der Waals surface area contributed by atoms with Gasteiger partial charge in [-0.3, -0.25) is 0 Å². The van der Waals surface area contributed by atoms with Crippen LogP contribution in [0.15, 0.2) is 24.3 Å². The maximum absolute atomic E-state index is 11.4. The van der Waals surface area contributed by atoms with Crippen LogP contribution in [0.1, 0.15) is 24.9 Å². The average molecular weight is 278 g/mol. The zero-order chi connectivity index (χ0) is 12.9. The van der Waals surface area contributed by atoms with Crippen molar-refractivity contribution in [2.75, 3.05) is 12.3 Å². The van der Waals surface area contributed by atoms with Crippen LogP contribution in [0.2, 0.25) is 0 Å². The summed E-state index contributed by atoms with van der Waals surface area (Å²) < 4.78 is 30.4. The lowest BCUT2D eigenvalue weighted by atomic mass is 10.1. The fourth-order valence-corrected chi connectivity index (χ4v) is 2.46. The molecular formula is C11H16ClNO3S. The van der Waals surface area contributed by atoms with Crippen LogP contribution in [0.4, 0.5) is 0 Å². The lowest BCUT2D eigenvalue weighted by Gasteiger charge is -2.16. The molecule has 1 N–H and O–H groups in total. The van der Waals surface area contributed by atoms with Crippen LogP contribution in [0, 0.1) is 0 Å². The monoisotopic (exact) mass is 277 g/mol. The van der Waals surface area contributed by atoms with Gasteiger partial charge in [-0.1, -0.05) is 19.1 Å². The Morgan fingerprint density at radius 2 is 1.94 bits per heavy atom. The standard InChI is InChI=1S/C11H16ClNO3S/c1-3-11(13-17(14,15)8-12)9-4-6-10(16-2)7-5-9/h4-7,11,13H,3,8H2,1-2H3. The van der Waals surface area contributed by atoms with Crippen molar-refractivity contribution in [2.24, 2.45) is 0 Å². The van der Waals surface area contributed by atoms with Crippen LogP contribution in [-0.4, -0.2) is 20.7 Å². The number of rotatable bonds is 6. The Labute approximate surface area is 107 Å². The Kier molecular flexibility index (Phi) is 5.24. The molecule has 0 saturated carbocycles. The Balaban J connectivity index is 2.86. The molecule has 0 radical (unpaired) electrons. The summed E-state index contributed by atoms with van der Waals surface area (Å²) in [5.74, 6) is 0.740. The molecule has 0 saturated heterocycles. The third kappa shape index (κ3) is 4.18. The number of benzene rings is 1. The van der Waals surface area contributed by atoms with Gasteiger partial charge in [-0.05, 0) is 24.1 Å². The zero-order valence-electron chi connectivity index (χ0n) is 9.81. The highest BCUT2D eigenvalue weighted by molar-refractivity contribution is 7.90. The van der Waals surface area contributed by atoms with Gasteiger partial charge >= 0.3 is 0 Å². The molecule has 0 aliphatic rings. The topological polar surface area (TPSA) is 55.4 Å². The van der Waals surface area contributed by atoms with E-state index in [2.05, 4.69) is 4.72 Å². The number of halogens is 1. The first-order valence-electron chi connectivity index (χ1n) is 5.22. The minimum absolute atomic E-state index is 0.260. The van der Waals surface area contributed by atoms with Crippen LogP contribution in [-0.2, 0) is 10.0 Å². The Hall–Kier alpha value is -0.780. The van der Waals surface area contributed by atoms with Crippen molar-refractivity contribution in [3.8, 4) is 5.75 Å². The van der Waals surface area contributed by atoms with E-state index in [4.69, 9.17) is 16.3 Å². The molecule has 0 spiro atoms. The molecule has 0 aliphatic carbocycles. The van der Waals surface area contributed by atoms with E-state index in [0.29, 0.717) is 6.42 Å². The maximum Gasteiger partial charge on any atom is 0.226 e. The Morgan fingerprint density at radius 1 is 1.35 bits per heavy atom. The number of ether oxygens (including phenoxy) is 1. The molecule has 4 nitrogen and oxygen atoms in total. The minimum Gasteiger partial charge on any atom is -0.497 e. The van der Waals surface area contributed by atoms with Gasteiger partial charge in [-0.15, -0.1) is 11.6 Å². The van der Waals surface area contributed by atoms with Gasteiger partial charge < -0.3 is 4.74 Å². The van der Waals surface area contributed by atoms with Crippen LogP contribution in [0.3, 0.4) is 0 Å². The minimum atomic E-state index is -3.41. The SMILES string of the molecule is CCC(NS(=O)(=O)CCl)c1ccc(OC)cc1. The van der Waals surface area contributed by atoms with Crippen LogP contribution in [0.25, 0.3) is 0 Å². The zero-order valence-corrected chi connectivity index (χ0v) is 11.4. The lowest BCUT2D eigenvalue weighted by Crippen LogP contribution is -2.28. The third-order valence-corrected chi connectivity index (χ3v) is 4.18. The van der Waals surface area contributed by atoms with Gasteiger partial charge in [-0.25, -0.2) is 13.1 Å². The van der Waals surface area contributed by atoms with E-state index in [-0.39, 0.29) is 6.04 Å². The molecule has 0 aliphatic heterocycles. The van der Waals surface area contributed by atoms with E-state index >= 15 is 0 Å². The Bertz CT molecular complexity index is 444. The van der Waals surface area contributed by atoms with E-state index < -0.39 is 15.2 Å². The molecular weight excluding hydrogens is 262 g/mol. The van der Waals surface area contributed by atoms with E-state index in [0.717, 1.165) is 11.3 Å². The van der Waals surface area contributed by atoms with Gasteiger partial charge in [0.2, 0.25) is 10.0 Å². The van der Waals surface area contributed by atoms with Crippen LogP contribution in [0.5, 0.6) is 5.75 Å². The fourth-order valence-electron chi connectivity index (χ4n) is 1.47. The number of nitrogens with one attached hydrogen (secondary N) is 1. The second kappa shape index (κ2) is 6.23. The molecule has 0 aromatic heterocycles. The Morgan fingerprint density at radius 3 is 2.35 bits per heavy atom. The maximum atomic E-state index is 11.4. The molecule has 1 aromatic rings. The molecule has 6 heteroatoms. The predicted octanol–water partition coefficient (Wildman–Crippen LogP) is 2.26. The molecule has 17 heavy (non-hydrogen) atoms. The summed E-state index contributed by atoms with van der Waals surface area (Å²) in [4.78, 5) is 0. The first kappa shape index (κ1) is 14.3. The second-order valence-corrected chi connectivity index (χ2v) is 5.91. The van der Waals surface area contributed by atoms with Gasteiger partial charge in [0, 0.05) is 6.04 Å². The van der Waals surface area contributed by atoms with Crippen molar-refractivity contribution in [3.05, 3.63) is 29.8 Å². The lowest BCUT2D eigenvalue weighted by molar-refractivity contribution is 0.414. The number of hydrogen-bond acceptors (Lipinski definition) is 3. The van der Waals surface area contributed by atoms with E-state index in [1.807, 2.05) is 19.1 Å². The second-order valence-electron chi connectivity index (χ2n) is 3.58. The van der Waals surface area contributed by atoms with E-state index in [9.17, 15) is 8.42 Å². The number of sulfonamides is 1. The molecule has 0 heterocycles. The molecule has 1 rings (SSSR count). The normalized spacial score (nSPS) is 13.4. The van der Waals surface area contributed by atoms with Gasteiger partial charge in [0.25, 0.3) is 0 Å². The highest BCUT2D eigenvalue weighted by atomic mass is 35.5. The van der Waals surface area contributed by atoms with Crippen molar-refractivity contribution >= 4 is 21.6 Å². The van der Waals surface area contributed by atoms with Gasteiger partial charge in [-0.2, -0.15) is 0 Å². The van der Waals surface area contributed by atoms with Crippen LogP contribution < -0.4 is 9.46 Å². The predicted molar refractivity (Wildman–Crippen MR) is 68.8 cm³/mol. The summed E-state index contributed by atoms with van der Waals surface area (Å²) in [5, 5.41) is -0.431. The number of alkyl halides is 1. The van der Waals surface area contributed by atoms with Crippen molar-refractivity contribution in [2.45, 2.75) is 19.4 Å². The smallest absolute Gasteiger partial charge is 0.226 e. The number of hydrogen-bond donors (Lipinski definition) is 1. The largest absolute Gasteiger partial charge is 0.497 e. The highest BCUT2D eigenvalue weighted by Gasteiger charge is 2.16. The molecule has 0 bridgehead atoms. The summed E-state index contributed by atoms with van der Waals surface area (Å²) in [5.41, 5.74) is 0.891. The first-order valence-corrected chi connectivity index (χ1v) is 7.41. The summed E-state index contributed by atoms with van der Waals surface area (Å²) in [6, 6.07) is 7.01. The number of methoxy groups -OCH3 is 1. The van der Waals surface area contributed by atoms with Crippen molar-refractivity contribution in [3.63, 3.8) is 0 Å². The van der Waals surface area contributed by atoms with Gasteiger partial charge in [0.05, 0.1) is 7.11 Å². The molecule has 1 unspecified atom stereocenters. The highest BCUT2D eigenvalue weighted by Crippen LogP contribution is 2.20. The molecule has 1 atom stereocenters. The summed E-state index contributed by atoms with van der Waals surface area (Å²) in [6.45, 7) is 1.91. The quantitative estimate of drug-likeness (QED) is 0.812. The third-order valence-electron chi connectivity index (χ3n) is 2.39. The van der Waals surface area contributed by atoms with Crippen molar-refractivity contribution in [1.82, 2.24) is 4.72 Å². The van der Waals surface area contributed by atoms with Gasteiger partial charge in [0.15, 0.2) is 0 Å². The molecule has 96 valence electrons. The first-order chi connectivity index (χ1) is 8.02. The summed E-state index contributed by atoms with van der Waals surface area (Å²) in [6.07, 6.45) is 0.655. The summed E-state index contributed by atoms with van der Waals surface area (Å²) >= 11 is 5.36.